The highest BCUT2D eigenvalue weighted by molar-refractivity contribution is 7.73. The Morgan fingerprint density at radius 3 is 2.42 bits per heavy atom. The zero-order chi connectivity index (χ0) is 9.14. The topological polar surface area (TPSA) is 51.2 Å². The van der Waals surface area contributed by atoms with E-state index in [1.807, 2.05) is 0 Å². The highest BCUT2D eigenvalue weighted by atomic mass is 32.2. The van der Waals surface area contributed by atoms with Gasteiger partial charge in [-0.15, -0.1) is 0 Å². The summed E-state index contributed by atoms with van der Waals surface area (Å²) >= 11 is 0. The van der Waals surface area contributed by atoms with E-state index in [4.69, 9.17) is 0 Å². The Balaban J connectivity index is 2.96. The van der Waals surface area contributed by atoms with E-state index in [1.165, 1.54) is 19.1 Å². The molecule has 12 heavy (non-hydrogen) atoms. The van der Waals surface area contributed by atoms with Crippen molar-refractivity contribution in [1.82, 2.24) is 0 Å². The van der Waals surface area contributed by atoms with Crippen molar-refractivity contribution in [3.8, 4) is 0 Å². The van der Waals surface area contributed by atoms with E-state index in [1.54, 1.807) is 6.08 Å². The van der Waals surface area contributed by atoms with Crippen molar-refractivity contribution in [3.05, 3.63) is 23.8 Å². The molecule has 1 aliphatic rings. The molecule has 0 amide bonds. The first-order chi connectivity index (χ1) is 5.61. The van der Waals surface area contributed by atoms with Crippen LogP contribution in [0, 0.1) is 0 Å². The van der Waals surface area contributed by atoms with Crippen molar-refractivity contribution in [3.63, 3.8) is 0 Å². The number of carbonyl (C=O) groups excluding carboxylic acids is 1. The summed E-state index contributed by atoms with van der Waals surface area (Å²) in [6.07, 6.45) is 4.92. The number of allylic oxidation sites excluding steroid dienone is 4. The van der Waals surface area contributed by atoms with Gasteiger partial charge in [-0.25, -0.2) is 0 Å². The van der Waals surface area contributed by atoms with Crippen molar-refractivity contribution in [2.45, 2.75) is 13.3 Å². The fourth-order valence-electron chi connectivity index (χ4n) is 0.914. The smallest absolute Gasteiger partial charge is 0.217 e. The van der Waals surface area contributed by atoms with Gasteiger partial charge in [-0.3, -0.25) is 4.79 Å². The van der Waals surface area contributed by atoms with Gasteiger partial charge in [0.25, 0.3) is 0 Å². The molecule has 0 radical (unpaired) electrons. The van der Waals surface area contributed by atoms with E-state index in [2.05, 4.69) is 0 Å². The van der Waals surface area contributed by atoms with E-state index >= 15 is 0 Å². The summed E-state index contributed by atoms with van der Waals surface area (Å²) in [5, 5.41) is 0. The molecule has 0 saturated carbocycles. The Kier molecular flexibility index (Phi) is 2.60. The van der Waals surface area contributed by atoms with Crippen LogP contribution in [0.4, 0.5) is 0 Å². The van der Waals surface area contributed by atoms with Gasteiger partial charge in [-0.05, 0) is 13.0 Å². The molecule has 0 saturated heterocycles. The number of rotatable bonds is 1. The molecule has 0 aromatic rings. The molecular formula is C8H8O3S. The maximum atomic E-state index is 10.8. The molecule has 0 fully saturated rings. The van der Waals surface area contributed by atoms with Crippen molar-refractivity contribution < 1.29 is 13.2 Å². The molecule has 0 heterocycles. The normalized spacial score (nSPS) is 15.8. The van der Waals surface area contributed by atoms with Gasteiger partial charge in [-0.1, -0.05) is 12.2 Å². The largest absolute Gasteiger partial charge is 0.295 e. The summed E-state index contributed by atoms with van der Waals surface area (Å²) in [6.45, 7) is 1.45. The lowest BCUT2D eigenvalue weighted by Gasteiger charge is -2.01. The molecule has 1 rings (SSSR count). The molecule has 1 aliphatic carbocycles. The van der Waals surface area contributed by atoms with Crippen molar-refractivity contribution in [1.29, 1.82) is 0 Å². The first-order valence-electron chi connectivity index (χ1n) is 3.45. The average Bonchev–Trinajstić information content (AvgIpc) is 2.04. The highest BCUT2D eigenvalue weighted by Crippen LogP contribution is 2.07. The minimum absolute atomic E-state index is 0.0398. The van der Waals surface area contributed by atoms with Crippen LogP contribution in [0.15, 0.2) is 23.8 Å². The first-order valence-corrected chi connectivity index (χ1v) is 4.53. The van der Waals surface area contributed by atoms with Crippen LogP contribution in [0.2, 0.25) is 0 Å². The maximum absolute atomic E-state index is 10.8. The predicted octanol–water partition coefficient (Wildman–Crippen LogP) is 0.513. The number of Topliss-reactive ketones (excluding diaryl/α,β-unsaturated/α-hetero) is 1. The maximum Gasteiger partial charge on any atom is 0.217 e. The summed E-state index contributed by atoms with van der Waals surface area (Å²) in [5.74, 6) is -0.0398. The molecule has 3 nitrogen and oxygen atoms in total. The molecule has 64 valence electrons. The van der Waals surface area contributed by atoms with Gasteiger partial charge >= 0.3 is 0 Å². The van der Waals surface area contributed by atoms with Crippen LogP contribution in [-0.2, 0) is 15.1 Å². The van der Waals surface area contributed by atoms with Crippen LogP contribution in [0.3, 0.4) is 0 Å². The van der Waals surface area contributed by atoms with E-state index in [0.29, 0.717) is 16.9 Å². The van der Waals surface area contributed by atoms with Crippen LogP contribution >= 0.6 is 0 Å². The third kappa shape index (κ3) is 1.92. The van der Waals surface area contributed by atoms with E-state index in [-0.39, 0.29) is 5.78 Å². The molecule has 0 N–H and O–H groups in total. The van der Waals surface area contributed by atoms with Gasteiger partial charge in [-0.2, -0.15) is 8.42 Å². The molecule has 0 bridgehead atoms. The van der Waals surface area contributed by atoms with Crippen molar-refractivity contribution in [2.24, 2.45) is 0 Å². The molecular weight excluding hydrogens is 176 g/mol. The van der Waals surface area contributed by atoms with Crippen LogP contribution < -0.4 is 0 Å². The van der Waals surface area contributed by atoms with Crippen molar-refractivity contribution >= 4 is 20.9 Å². The molecule has 0 spiro atoms. The second kappa shape index (κ2) is 3.49. The van der Waals surface area contributed by atoms with E-state index in [9.17, 15) is 13.2 Å². The number of hydrogen-bond donors (Lipinski definition) is 0. The SMILES string of the molecule is CC(=O)C1=CCC(=S(=O)=O)C=C1. The predicted molar refractivity (Wildman–Crippen MR) is 46.4 cm³/mol. The average molecular weight is 184 g/mol. The first kappa shape index (κ1) is 8.93. The summed E-state index contributed by atoms with van der Waals surface area (Å²) < 4.78 is 20.9. The summed E-state index contributed by atoms with van der Waals surface area (Å²) in [7, 11) is -2.16. The molecule has 0 unspecified atom stereocenters. The fraction of sp³-hybridized carbons (Fsp3) is 0.250. The third-order valence-corrected chi connectivity index (χ3v) is 2.32. The highest BCUT2D eigenvalue weighted by Gasteiger charge is 2.06. The lowest BCUT2D eigenvalue weighted by molar-refractivity contribution is -0.113. The minimum atomic E-state index is -2.16. The Hall–Kier alpha value is -1.16. The lowest BCUT2D eigenvalue weighted by atomic mass is 10.0. The summed E-state index contributed by atoms with van der Waals surface area (Å²) in [4.78, 5) is 11.1. The van der Waals surface area contributed by atoms with Gasteiger partial charge < -0.3 is 0 Å². The molecule has 0 atom stereocenters. The summed E-state index contributed by atoms with van der Waals surface area (Å²) in [5.41, 5.74) is 0.573. The standard InChI is InChI=1S/C8H8O3S/c1-6(9)7-2-4-8(5-3-7)12(10)11/h2-4H,5H2,1H3. The van der Waals surface area contributed by atoms with Gasteiger partial charge in [0, 0.05) is 12.0 Å². The van der Waals surface area contributed by atoms with Crippen LogP contribution in [0.1, 0.15) is 13.3 Å². The number of ketones is 1. The van der Waals surface area contributed by atoms with Gasteiger partial charge in [0.2, 0.25) is 10.3 Å². The van der Waals surface area contributed by atoms with E-state index < -0.39 is 10.3 Å². The lowest BCUT2D eigenvalue weighted by Crippen LogP contribution is -2.03. The third-order valence-electron chi connectivity index (χ3n) is 1.59. The zero-order valence-corrected chi connectivity index (χ0v) is 7.39. The monoisotopic (exact) mass is 184 g/mol. The number of hydrogen-bond acceptors (Lipinski definition) is 3. The van der Waals surface area contributed by atoms with Crippen LogP contribution in [0.25, 0.3) is 0 Å². The quantitative estimate of drug-likeness (QED) is 0.558. The fourth-order valence-corrected chi connectivity index (χ4v) is 1.31. The molecule has 0 aromatic heterocycles. The molecule has 0 aliphatic heterocycles. The van der Waals surface area contributed by atoms with E-state index in [0.717, 1.165) is 0 Å². The minimum Gasteiger partial charge on any atom is -0.295 e. The van der Waals surface area contributed by atoms with Gasteiger partial charge in [0.05, 0.1) is 4.86 Å². The molecule has 4 heteroatoms. The Bertz CT molecular complexity index is 388. The Morgan fingerprint density at radius 1 is 1.42 bits per heavy atom. The second-order valence-corrected chi connectivity index (χ2v) is 3.45. The van der Waals surface area contributed by atoms with Gasteiger partial charge in [0.1, 0.15) is 0 Å². The van der Waals surface area contributed by atoms with Crippen molar-refractivity contribution in [2.75, 3.05) is 0 Å². The Morgan fingerprint density at radius 2 is 2.08 bits per heavy atom. The second-order valence-electron chi connectivity index (χ2n) is 2.45. The van der Waals surface area contributed by atoms with Crippen LogP contribution in [0.5, 0.6) is 0 Å². The summed E-state index contributed by atoms with van der Waals surface area (Å²) in [6, 6.07) is 0. The Labute approximate surface area is 71.9 Å². The van der Waals surface area contributed by atoms with Gasteiger partial charge in [0.15, 0.2) is 5.78 Å². The number of carbonyl (C=O) groups is 1. The molecule has 0 aromatic carbocycles. The van der Waals surface area contributed by atoms with Crippen LogP contribution in [-0.4, -0.2) is 19.1 Å². The zero-order valence-electron chi connectivity index (χ0n) is 6.57.